The average Bonchev–Trinajstić information content (AvgIpc) is 3.31. The molecular formula is C26H26N4O2. The van der Waals surface area contributed by atoms with Gasteiger partial charge in [-0.3, -0.25) is 4.79 Å². The Balaban J connectivity index is 1.73. The van der Waals surface area contributed by atoms with Crippen LogP contribution in [0.1, 0.15) is 36.1 Å². The minimum absolute atomic E-state index is 0.161. The molecule has 3 aromatic carbocycles. The third-order valence-electron chi connectivity index (χ3n) is 5.48. The van der Waals surface area contributed by atoms with Crippen LogP contribution < -0.4 is 4.74 Å². The Morgan fingerprint density at radius 1 is 1.00 bits per heavy atom. The number of hydrogen-bond donors (Lipinski definition) is 0. The summed E-state index contributed by atoms with van der Waals surface area (Å²) in [6.45, 7) is 4.49. The lowest BCUT2D eigenvalue weighted by molar-refractivity contribution is 0.0689. The molecule has 0 saturated carbocycles. The molecule has 0 saturated heterocycles. The van der Waals surface area contributed by atoms with Gasteiger partial charge in [-0.15, -0.1) is 5.10 Å². The molecule has 32 heavy (non-hydrogen) atoms. The predicted molar refractivity (Wildman–Crippen MR) is 125 cm³/mol. The highest BCUT2D eigenvalue weighted by atomic mass is 16.5. The molecule has 0 aliphatic heterocycles. The lowest BCUT2D eigenvalue weighted by Gasteiger charge is -2.27. The number of aromatic nitrogens is 3. The first-order valence-electron chi connectivity index (χ1n) is 10.6. The zero-order valence-corrected chi connectivity index (χ0v) is 18.5. The number of amides is 1. The molecule has 1 atom stereocenters. The Hall–Kier alpha value is -3.93. The van der Waals surface area contributed by atoms with E-state index in [-0.39, 0.29) is 17.8 Å². The van der Waals surface area contributed by atoms with E-state index < -0.39 is 0 Å². The molecule has 4 aromatic rings. The van der Waals surface area contributed by atoms with Crippen molar-refractivity contribution in [1.82, 2.24) is 19.7 Å². The highest BCUT2D eigenvalue weighted by molar-refractivity contribution is 5.91. The lowest BCUT2D eigenvalue weighted by Crippen LogP contribution is -2.34. The number of carbonyl (C=O) groups excluding carboxylic acids is 1. The molecule has 1 aromatic heterocycles. The largest absolute Gasteiger partial charge is 0.497 e. The van der Waals surface area contributed by atoms with E-state index in [0.29, 0.717) is 12.4 Å². The van der Waals surface area contributed by atoms with Crippen LogP contribution >= 0.6 is 0 Å². The molecule has 4 rings (SSSR count). The number of hydrogen-bond acceptors (Lipinski definition) is 4. The van der Waals surface area contributed by atoms with Crippen LogP contribution in [0.2, 0.25) is 0 Å². The zero-order valence-electron chi connectivity index (χ0n) is 18.5. The topological polar surface area (TPSA) is 60.2 Å². The first-order chi connectivity index (χ1) is 15.6. The Morgan fingerprint density at radius 2 is 1.69 bits per heavy atom. The van der Waals surface area contributed by atoms with E-state index in [9.17, 15) is 4.79 Å². The molecule has 0 aliphatic carbocycles. The molecule has 1 heterocycles. The van der Waals surface area contributed by atoms with Crippen molar-refractivity contribution >= 4 is 5.91 Å². The molecule has 0 aliphatic rings. The van der Waals surface area contributed by atoms with Gasteiger partial charge in [0.2, 0.25) is 5.82 Å². The number of ether oxygens (including phenoxy) is 1. The Bertz CT molecular complexity index is 1130. The molecule has 0 N–H and O–H groups in total. The maximum absolute atomic E-state index is 13.5. The van der Waals surface area contributed by atoms with Gasteiger partial charge in [0.25, 0.3) is 5.91 Å². The first kappa shape index (κ1) is 21.3. The van der Waals surface area contributed by atoms with Crippen LogP contribution in [0.5, 0.6) is 5.75 Å². The normalized spacial score (nSPS) is 11.7. The second-order valence-electron chi connectivity index (χ2n) is 7.42. The molecule has 0 spiro atoms. The van der Waals surface area contributed by atoms with Crippen molar-refractivity contribution in [2.45, 2.75) is 19.9 Å². The highest BCUT2D eigenvalue weighted by Crippen LogP contribution is 2.26. The highest BCUT2D eigenvalue weighted by Gasteiger charge is 2.27. The number of methoxy groups -OCH3 is 1. The molecule has 6 nitrogen and oxygen atoms in total. The fraction of sp³-hybridized carbons (Fsp3) is 0.192. The van der Waals surface area contributed by atoms with Crippen molar-refractivity contribution in [3.05, 3.63) is 96.3 Å². The van der Waals surface area contributed by atoms with Gasteiger partial charge in [0.1, 0.15) is 5.75 Å². The van der Waals surface area contributed by atoms with E-state index in [1.54, 1.807) is 16.7 Å². The molecule has 0 bridgehead atoms. The lowest BCUT2D eigenvalue weighted by atomic mass is 10.1. The van der Waals surface area contributed by atoms with Crippen LogP contribution in [0.15, 0.2) is 84.9 Å². The summed E-state index contributed by atoms with van der Waals surface area (Å²) in [7, 11) is 1.64. The third-order valence-corrected chi connectivity index (χ3v) is 5.48. The molecule has 1 amide bonds. The minimum atomic E-state index is -0.213. The summed E-state index contributed by atoms with van der Waals surface area (Å²) >= 11 is 0. The smallest absolute Gasteiger partial charge is 0.294 e. The summed E-state index contributed by atoms with van der Waals surface area (Å²) in [4.78, 5) is 20.0. The second-order valence-corrected chi connectivity index (χ2v) is 7.42. The van der Waals surface area contributed by atoms with Crippen molar-refractivity contribution in [1.29, 1.82) is 0 Å². The summed E-state index contributed by atoms with van der Waals surface area (Å²) in [5.74, 6) is 1.35. The quantitative estimate of drug-likeness (QED) is 0.409. The Kier molecular flexibility index (Phi) is 6.31. The van der Waals surface area contributed by atoms with E-state index in [1.165, 1.54) is 0 Å². The van der Waals surface area contributed by atoms with Crippen molar-refractivity contribution in [2.75, 3.05) is 13.7 Å². The van der Waals surface area contributed by atoms with Crippen LogP contribution in [-0.2, 0) is 0 Å². The molecular weight excluding hydrogens is 400 g/mol. The number of rotatable bonds is 7. The SMILES string of the molecule is CCN(C(=O)c1nc(-c2ccccc2)n(-c2ccccc2)n1)C(C)c1cccc(OC)c1. The first-order valence-corrected chi connectivity index (χ1v) is 10.6. The van der Waals surface area contributed by atoms with Crippen LogP contribution in [0, 0.1) is 0 Å². The summed E-state index contributed by atoms with van der Waals surface area (Å²) in [5, 5.41) is 4.63. The molecule has 1 unspecified atom stereocenters. The van der Waals surface area contributed by atoms with Crippen molar-refractivity contribution in [3.63, 3.8) is 0 Å². The average molecular weight is 427 g/mol. The molecule has 0 radical (unpaired) electrons. The van der Waals surface area contributed by atoms with Gasteiger partial charge >= 0.3 is 0 Å². The minimum Gasteiger partial charge on any atom is -0.497 e. The van der Waals surface area contributed by atoms with Gasteiger partial charge in [-0.05, 0) is 43.7 Å². The van der Waals surface area contributed by atoms with E-state index >= 15 is 0 Å². The summed E-state index contributed by atoms with van der Waals surface area (Å²) < 4.78 is 7.08. The van der Waals surface area contributed by atoms with Crippen LogP contribution in [0.25, 0.3) is 17.1 Å². The zero-order chi connectivity index (χ0) is 22.5. The maximum atomic E-state index is 13.5. The third kappa shape index (κ3) is 4.25. The van der Waals surface area contributed by atoms with Gasteiger partial charge in [0.05, 0.1) is 18.8 Å². The van der Waals surface area contributed by atoms with Gasteiger partial charge in [0, 0.05) is 12.1 Å². The fourth-order valence-electron chi connectivity index (χ4n) is 3.73. The second kappa shape index (κ2) is 9.47. The van der Waals surface area contributed by atoms with Crippen molar-refractivity contribution in [2.24, 2.45) is 0 Å². The summed E-state index contributed by atoms with van der Waals surface area (Å²) in [6.07, 6.45) is 0. The number of nitrogens with zero attached hydrogens (tertiary/aromatic N) is 4. The molecule has 0 fully saturated rings. The van der Waals surface area contributed by atoms with Gasteiger partial charge in [-0.1, -0.05) is 60.7 Å². The number of benzene rings is 3. The summed E-state index contributed by atoms with van der Waals surface area (Å²) in [5.41, 5.74) is 2.74. The fourth-order valence-corrected chi connectivity index (χ4v) is 3.73. The predicted octanol–water partition coefficient (Wildman–Crippen LogP) is 5.17. The Labute approximate surface area is 188 Å². The number of carbonyl (C=O) groups is 1. The van der Waals surface area contributed by atoms with Crippen molar-refractivity contribution in [3.8, 4) is 22.8 Å². The van der Waals surface area contributed by atoms with Gasteiger partial charge in [-0.25, -0.2) is 9.67 Å². The monoisotopic (exact) mass is 426 g/mol. The van der Waals surface area contributed by atoms with E-state index in [1.807, 2.05) is 98.8 Å². The van der Waals surface area contributed by atoms with Crippen molar-refractivity contribution < 1.29 is 9.53 Å². The maximum Gasteiger partial charge on any atom is 0.294 e. The van der Waals surface area contributed by atoms with Crippen LogP contribution in [-0.4, -0.2) is 39.2 Å². The standard InChI is InChI=1S/C26H26N4O2/c1-4-29(19(2)21-14-11-17-23(18-21)32-3)26(31)24-27-25(20-12-7-5-8-13-20)30(28-24)22-15-9-6-10-16-22/h5-19H,4H2,1-3H3. The van der Waals surface area contributed by atoms with E-state index in [4.69, 9.17) is 4.74 Å². The van der Waals surface area contributed by atoms with Crippen LogP contribution in [0.4, 0.5) is 0 Å². The summed E-state index contributed by atoms with van der Waals surface area (Å²) in [6, 6.07) is 27.1. The van der Waals surface area contributed by atoms with Crippen LogP contribution in [0.3, 0.4) is 0 Å². The molecule has 162 valence electrons. The number of para-hydroxylation sites is 1. The van der Waals surface area contributed by atoms with Gasteiger partial charge in [-0.2, -0.15) is 0 Å². The molecule has 6 heteroatoms. The van der Waals surface area contributed by atoms with E-state index in [2.05, 4.69) is 10.1 Å². The van der Waals surface area contributed by atoms with Gasteiger partial charge in [0.15, 0.2) is 5.82 Å². The Morgan fingerprint density at radius 3 is 2.34 bits per heavy atom. The van der Waals surface area contributed by atoms with E-state index in [0.717, 1.165) is 22.6 Å². The van der Waals surface area contributed by atoms with Gasteiger partial charge < -0.3 is 9.64 Å².